The van der Waals surface area contributed by atoms with E-state index in [1.807, 2.05) is 0 Å². The topological polar surface area (TPSA) is 52.6 Å². The van der Waals surface area contributed by atoms with Crippen LogP contribution in [0, 0.1) is 0 Å². The van der Waals surface area contributed by atoms with Gasteiger partial charge in [-0.1, -0.05) is 30.3 Å². The molecule has 0 heterocycles. The van der Waals surface area contributed by atoms with Gasteiger partial charge in [0.15, 0.2) is 0 Å². The highest BCUT2D eigenvalue weighted by molar-refractivity contribution is 7.88. The van der Waals surface area contributed by atoms with Gasteiger partial charge in [0.2, 0.25) is 0 Å². The molecule has 0 saturated heterocycles. The van der Waals surface area contributed by atoms with E-state index >= 15 is 0 Å². The average Bonchev–Trinajstić information content (AvgIpc) is 2.74. The van der Waals surface area contributed by atoms with Crippen LogP contribution in [0.5, 0.6) is 17.2 Å². The molecule has 0 aliphatic heterocycles. The summed E-state index contributed by atoms with van der Waals surface area (Å²) in [4.78, 5) is 0. The van der Waals surface area contributed by atoms with Gasteiger partial charge in [0, 0.05) is 11.1 Å². The number of rotatable bonds is 7. The molecule has 176 valence electrons. The zero-order chi connectivity index (χ0) is 24.5. The fourth-order valence-electron chi connectivity index (χ4n) is 2.64. The van der Waals surface area contributed by atoms with Crippen molar-refractivity contribution in [2.45, 2.75) is 17.4 Å². The summed E-state index contributed by atoms with van der Waals surface area (Å²) < 4.78 is 127. The molecule has 0 saturated carbocycles. The van der Waals surface area contributed by atoms with Crippen LogP contribution in [-0.4, -0.2) is 13.9 Å². The molecule has 0 atom stereocenters. The van der Waals surface area contributed by atoms with E-state index in [4.69, 9.17) is 4.74 Å². The zero-order valence-electron chi connectivity index (χ0n) is 16.2. The van der Waals surface area contributed by atoms with Gasteiger partial charge in [-0.15, -0.1) is 0 Å². The predicted octanol–water partition coefficient (Wildman–Crippen LogP) is 6.59. The van der Waals surface area contributed by atoms with Crippen molar-refractivity contribution in [1.82, 2.24) is 0 Å². The van der Waals surface area contributed by atoms with E-state index in [0.717, 1.165) is 12.1 Å². The Kier molecular flexibility index (Phi) is 6.33. The van der Waals surface area contributed by atoms with Crippen molar-refractivity contribution < 1.29 is 48.1 Å². The van der Waals surface area contributed by atoms with Gasteiger partial charge in [0.05, 0.1) is 0 Å². The highest BCUT2D eigenvalue weighted by Crippen LogP contribution is 2.50. The van der Waals surface area contributed by atoms with E-state index in [1.165, 1.54) is 0 Å². The lowest BCUT2D eigenvalue weighted by Gasteiger charge is -2.27. The van der Waals surface area contributed by atoms with Crippen LogP contribution in [-0.2, 0) is 22.0 Å². The summed E-state index contributed by atoms with van der Waals surface area (Å²) in [6.45, 7) is 0. The summed E-state index contributed by atoms with van der Waals surface area (Å²) in [5.74, 6) is -10.5. The van der Waals surface area contributed by atoms with Crippen LogP contribution >= 0.6 is 0 Å². The third-order valence-corrected chi connectivity index (χ3v) is 5.25. The molecule has 4 nitrogen and oxygen atoms in total. The molecule has 12 heteroatoms. The van der Waals surface area contributed by atoms with Gasteiger partial charge in [-0.3, -0.25) is 0 Å². The standard InChI is InChI=1S/C21H13F7O4S/c22-19(23,14-9-11-17(12-10-14)31-16-6-2-1-3-7-16)20(24,25)15-5-4-8-18(13-15)32-33(29,30)21(26,27)28/h1-13H. The number of benzene rings is 3. The maximum absolute atomic E-state index is 14.7. The van der Waals surface area contributed by atoms with E-state index in [2.05, 4.69) is 4.18 Å². The smallest absolute Gasteiger partial charge is 0.457 e. The van der Waals surface area contributed by atoms with Gasteiger partial charge >= 0.3 is 27.5 Å². The SMILES string of the molecule is O=S(=O)(Oc1cccc(C(F)(F)C(F)(F)c2ccc(Oc3ccccc3)cc2)c1)C(F)(F)F. The summed E-state index contributed by atoms with van der Waals surface area (Å²) in [6.07, 6.45) is 0. The maximum Gasteiger partial charge on any atom is 0.534 e. The Morgan fingerprint density at radius 2 is 1.09 bits per heavy atom. The fourth-order valence-corrected chi connectivity index (χ4v) is 3.09. The van der Waals surface area contributed by atoms with Crippen molar-refractivity contribution in [3.05, 3.63) is 90.0 Å². The average molecular weight is 494 g/mol. The second kappa shape index (κ2) is 8.58. The molecule has 0 N–H and O–H groups in total. The first-order valence-electron chi connectivity index (χ1n) is 8.94. The van der Waals surface area contributed by atoms with Crippen molar-refractivity contribution in [1.29, 1.82) is 0 Å². The summed E-state index contributed by atoms with van der Waals surface area (Å²) >= 11 is 0. The third-order valence-electron chi connectivity index (χ3n) is 4.28. The molecule has 0 spiro atoms. The van der Waals surface area contributed by atoms with Crippen molar-refractivity contribution >= 4 is 10.1 Å². The Morgan fingerprint density at radius 3 is 1.67 bits per heavy atom. The number of hydrogen-bond donors (Lipinski definition) is 0. The van der Waals surface area contributed by atoms with Crippen LogP contribution in [0.1, 0.15) is 11.1 Å². The predicted molar refractivity (Wildman–Crippen MR) is 103 cm³/mol. The van der Waals surface area contributed by atoms with Gasteiger partial charge in [0.1, 0.15) is 17.2 Å². The summed E-state index contributed by atoms with van der Waals surface area (Å²) in [6, 6.07) is 13.6. The first-order chi connectivity index (χ1) is 15.2. The lowest BCUT2D eigenvalue weighted by Crippen LogP contribution is -2.35. The highest BCUT2D eigenvalue weighted by Gasteiger charge is 2.58. The Labute approximate surface area is 183 Å². The quantitative estimate of drug-likeness (QED) is 0.211. The molecule has 0 aliphatic rings. The number of halogens is 7. The second-order valence-corrected chi connectivity index (χ2v) is 8.14. The summed E-state index contributed by atoms with van der Waals surface area (Å²) in [7, 11) is -6.18. The molecule has 3 aromatic rings. The van der Waals surface area contributed by atoms with Crippen LogP contribution in [0.25, 0.3) is 0 Å². The maximum atomic E-state index is 14.7. The van der Waals surface area contributed by atoms with E-state index < -0.39 is 44.3 Å². The molecule has 3 rings (SSSR count). The summed E-state index contributed by atoms with van der Waals surface area (Å²) in [5, 5.41) is 0. The Balaban J connectivity index is 1.87. The minimum Gasteiger partial charge on any atom is -0.457 e. The van der Waals surface area contributed by atoms with Crippen LogP contribution in [0.15, 0.2) is 78.9 Å². The van der Waals surface area contributed by atoms with Crippen LogP contribution < -0.4 is 8.92 Å². The number of ether oxygens (including phenoxy) is 1. The molecule has 0 radical (unpaired) electrons. The third kappa shape index (κ3) is 5.05. The highest BCUT2D eigenvalue weighted by atomic mass is 32.2. The van der Waals surface area contributed by atoms with Gasteiger partial charge in [-0.25, -0.2) is 0 Å². The van der Waals surface area contributed by atoms with Crippen LogP contribution in [0.3, 0.4) is 0 Å². The van der Waals surface area contributed by atoms with Gasteiger partial charge < -0.3 is 8.92 Å². The lowest BCUT2D eigenvalue weighted by molar-refractivity contribution is -0.223. The Bertz CT molecular complexity index is 1210. The molecule has 0 aliphatic carbocycles. The largest absolute Gasteiger partial charge is 0.534 e. The van der Waals surface area contributed by atoms with Crippen molar-refractivity contribution in [2.24, 2.45) is 0 Å². The molecule has 3 aromatic carbocycles. The first-order valence-corrected chi connectivity index (χ1v) is 10.4. The van der Waals surface area contributed by atoms with E-state index in [9.17, 15) is 39.2 Å². The molecule has 0 amide bonds. The molecule has 0 fully saturated rings. The molecule has 33 heavy (non-hydrogen) atoms. The van der Waals surface area contributed by atoms with Gasteiger partial charge in [0.25, 0.3) is 0 Å². The molecule has 0 unspecified atom stereocenters. The minimum atomic E-state index is -6.18. The van der Waals surface area contributed by atoms with Gasteiger partial charge in [-0.05, 0) is 48.5 Å². The van der Waals surface area contributed by atoms with Crippen LogP contribution in [0.2, 0.25) is 0 Å². The molecule has 0 bridgehead atoms. The number of hydrogen-bond acceptors (Lipinski definition) is 4. The molecule has 0 aromatic heterocycles. The fraction of sp³-hybridized carbons (Fsp3) is 0.143. The Morgan fingerprint density at radius 1 is 0.576 bits per heavy atom. The van der Waals surface area contributed by atoms with E-state index in [1.54, 1.807) is 30.3 Å². The zero-order valence-corrected chi connectivity index (χ0v) is 17.0. The number of para-hydroxylation sites is 1. The van der Waals surface area contributed by atoms with Crippen molar-refractivity contribution in [3.63, 3.8) is 0 Å². The Hall–Kier alpha value is -3.28. The molecular formula is C21H13F7O4S. The number of alkyl halides is 7. The van der Waals surface area contributed by atoms with E-state index in [-0.39, 0.29) is 11.8 Å². The molecular weight excluding hydrogens is 481 g/mol. The minimum absolute atomic E-state index is 0.0943. The van der Waals surface area contributed by atoms with E-state index in [0.29, 0.717) is 36.1 Å². The van der Waals surface area contributed by atoms with Crippen LogP contribution in [0.4, 0.5) is 30.7 Å². The lowest BCUT2D eigenvalue weighted by atomic mass is 9.96. The summed E-state index contributed by atoms with van der Waals surface area (Å²) in [5.41, 5.74) is -8.40. The monoisotopic (exact) mass is 494 g/mol. The second-order valence-electron chi connectivity index (χ2n) is 6.60. The normalized spacial score (nSPS) is 12.9. The van der Waals surface area contributed by atoms with Crippen molar-refractivity contribution in [2.75, 3.05) is 0 Å². The first kappa shape index (κ1) is 24.4. The van der Waals surface area contributed by atoms with Gasteiger partial charge in [-0.2, -0.15) is 39.2 Å². The van der Waals surface area contributed by atoms with Crippen molar-refractivity contribution in [3.8, 4) is 17.2 Å².